The molecule has 0 fully saturated rings. The Morgan fingerprint density at radius 3 is 2.53 bits per heavy atom. The van der Waals surface area contributed by atoms with Crippen molar-refractivity contribution < 1.29 is 13.9 Å². The van der Waals surface area contributed by atoms with Gasteiger partial charge in [-0.2, -0.15) is 0 Å². The molecule has 30 heavy (non-hydrogen) atoms. The molecule has 0 aliphatic rings. The van der Waals surface area contributed by atoms with Crippen LogP contribution in [0.1, 0.15) is 16.1 Å². The summed E-state index contributed by atoms with van der Waals surface area (Å²) in [6, 6.07) is 18.8. The maximum Gasteiger partial charge on any atom is 0.255 e. The second-order valence-corrected chi connectivity index (χ2v) is 6.85. The van der Waals surface area contributed by atoms with Crippen molar-refractivity contribution in [1.29, 1.82) is 0 Å². The molecule has 0 aliphatic carbocycles. The Hall–Kier alpha value is -3.93. The van der Waals surface area contributed by atoms with E-state index in [0.29, 0.717) is 17.0 Å². The zero-order chi connectivity index (χ0) is 21.1. The molecular weight excluding hydrogens is 381 g/mol. The molecule has 0 saturated heterocycles. The van der Waals surface area contributed by atoms with Crippen LogP contribution in [0.15, 0.2) is 79.3 Å². The number of amides is 1. The SMILES string of the molecule is COc1cc(NC(=O)c2cccc(-c3ccc(F)cc3)c2)ccc1-n1cnc(C)c1. The predicted octanol–water partition coefficient (Wildman–Crippen LogP) is 5.25. The van der Waals surface area contributed by atoms with E-state index in [1.54, 1.807) is 49.8 Å². The lowest BCUT2D eigenvalue weighted by Crippen LogP contribution is -2.12. The molecule has 1 amide bonds. The van der Waals surface area contributed by atoms with Crippen LogP contribution in [0, 0.1) is 12.7 Å². The van der Waals surface area contributed by atoms with Gasteiger partial charge in [-0.3, -0.25) is 4.79 Å². The maximum atomic E-state index is 13.2. The normalized spacial score (nSPS) is 10.6. The molecule has 0 atom stereocenters. The van der Waals surface area contributed by atoms with Crippen LogP contribution in [-0.4, -0.2) is 22.6 Å². The van der Waals surface area contributed by atoms with Crippen LogP contribution in [0.25, 0.3) is 16.8 Å². The first-order chi connectivity index (χ1) is 14.5. The number of nitrogens with one attached hydrogen (secondary N) is 1. The predicted molar refractivity (Wildman–Crippen MR) is 115 cm³/mol. The van der Waals surface area contributed by atoms with E-state index in [0.717, 1.165) is 22.5 Å². The number of nitrogens with zero attached hydrogens (tertiary/aromatic N) is 2. The van der Waals surface area contributed by atoms with E-state index in [1.165, 1.54) is 12.1 Å². The number of carbonyl (C=O) groups excluding carboxylic acids is 1. The summed E-state index contributed by atoms with van der Waals surface area (Å²) in [4.78, 5) is 17.0. The summed E-state index contributed by atoms with van der Waals surface area (Å²) in [6.07, 6.45) is 3.61. The number of anilines is 1. The molecule has 5 nitrogen and oxygen atoms in total. The van der Waals surface area contributed by atoms with Gasteiger partial charge in [-0.05, 0) is 54.4 Å². The smallest absolute Gasteiger partial charge is 0.255 e. The van der Waals surface area contributed by atoms with E-state index in [4.69, 9.17) is 4.74 Å². The van der Waals surface area contributed by atoms with Gasteiger partial charge in [-0.15, -0.1) is 0 Å². The van der Waals surface area contributed by atoms with Crippen molar-refractivity contribution in [2.45, 2.75) is 6.92 Å². The first-order valence-corrected chi connectivity index (χ1v) is 9.40. The van der Waals surface area contributed by atoms with E-state index in [1.807, 2.05) is 35.9 Å². The van der Waals surface area contributed by atoms with Crippen LogP contribution in [0.5, 0.6) is 5.75 Å². The highest BCUT2D eigenvalue weighted by molar-refractivity contribution is 6.05. The van der Waals surface area contributed by atoms with Gasteiger partial charge in [0.2, 0.25) is 0 Å². The standard InChI is InChI=1S/C24H20FN3O2/c1-16-14-28(15-26-16)22-11-10-21(13-23(22)30-2)27-24(29)19-5-3-4-18(12-19)17-6-8-20(25)9-7-17/h3-15H,1-2H3,(H,27,29). The summed E-state index contributed by atoms with van der Waals surface area (Å²) in [7, 11) is 1.58. The third kappa shape index (κ3) is 4.07. The minimum Gasteiger partial charge on any atom is -0.494 e. The highest BCUT2D eigenvalue weighted by Crippen LogP contribution is 2.27. The van der Waals surface area contributed by atoms with Gasteiger partial charge in [0.25, 0.3) is 5.91 Å². The lowest BCUT2D eigenvalue weighted by Gasteiger charge is -2.12. The quantitative estimate of drug-likeness (QED) is 0.497. The number of hydrogen-bond donors (Lipinski definition) is 1. The fourth-order valence-electron chi connectivity index (χ4n) is 3.21. The fraction of sp³-hybridized carbons (Fsp3) is 0.0833. The number of methoxy groups -OCH3 is 1. The monoisotopic (exact) mass is 401 g/mol. The molecule has 1 heterocycles. The summed E-state index contributed by atoms with van der Waals surface area (Å²) in [6.45, 7) is 1.91. The van der Waals surface area contributed by atoms with Crippen LogP contribution < -0.4 is 10.1 Å². The van der Waals surface area contributed by atoms with Crippen LogP contribution in [0.4, 0.5) is 10.1 Å². The van der Waals surface area contributed by atoms with Gasteiger partial charge in [0.1, 0.15) is 11.6 Å². The van der Waals surface area contributed by atoms with Gasteiger partial charge in [0, 0.05) is 23.5 Å². The average Bonchev–Trinajstić information content (AvgIpc) is 3.20. The van der Waals surface area contributed by atoms with Gasteiger partial charge in [0.15, 0.2) is 0 Å². The third-order valence-corrected chi connectivity index (χ3v) is 4.73. The number of aryl methyl sites for hydroxylation is 1. The van der Waals surface area contributed by atoms with E-state index in [9.17, 15) is 9.18 Å². The van der Waals surface area contributed by atoms with Gasteiger partial charge in [-0.1, -0.05) is 24.3 Å². The Balaban J connectivity index is 1.57. The Kier molecular flexibility index (Phi) is 5.30. The zero-order valence-corrected chi connectivity index (χ0v) is 16.6. The number of ether oxygens (including phenoxy) is 1. The molecule has 4 rings (SSSR count). The summed E-state index contributed by atoms with van der Waals surface area (Å²) >= 11 is 0. The third-order valence-electron chi connectivity index (χ3n) is 4.73. The van der Waals surface area contributed by atoms with Crippen molar-refractivity contribution in [2.75, 3.05) is 12.4 Å². The largest absolute Gasteiger partial charge is 0.494 e. The van der Waals surface area contributed by atoms with Crippen molar-refractivity contribution >= 4 is 11.6 Å². The number of aromatic nitrogens is 2. The van der Waals surface area contributed by atoms with E-state index < -0.39 is 0 Å². The minimum absolute atomic E-state index is 0.243. The molecule has 0 spiro atoms. The summed E-state index contributed by atoms with van der Waals surface area (Å²) in [5.41, 5.74) is 4.53. The van der Waals surface area contributed by atoms with Crippen molar-refractivity contribution in [3.8, 4) is 22.6 Å². The molecule has 0 radical (unpaired) electrons. The molecule has 0 saturated carbocycles. The Bertz CT molecular complexity index is 1200. The molecule has 1 aromatic heterocycles. The number of carbonyl (C=O) groups is 1. The Labute approximate surface area is 173 Å². The molecule has 0 aliphatic heterocycles. The van der Waals surface area contributed by atoms with Crippen LogP contribution >= 0.6 is 0 Å². The first-order valence-electron chi connectivity index (χ1n) is 9.40. The molecule has 0 unspecified atom stereocenters. The summed E-state index contributed by atoms with van der Waals surface area (Å²) < 4.78 is 20.5. The number of hydrogen-bond acceptors (Lipinski definition) is 3. The van der Waals surface area contributed by atoms with Crippen LogP contribution in [0.2, 0.25) is 0 Å². The van der Waals surface area contributed by atoms with Gasteiger partial charge in [-0.25, -0.2) is 9.37 Å². The van der Waals surface area contributed by atoms with Crippen molar-refractivity contribution in [1.82, 2.24) is 9.55 Å². The van der Waals surface area contributed by atoms with E-state index in [-0.39, 0.29) is 11.7 Å². The molecule has 1 N–H and O–H groups in total. The van der Waals surface area contributed by atoms with Crippen molar-refractivity contribution in [2.24, 2.45) is 0 Å². The summed E-state index contributed by atoms with van der Waals surface area (Å²) in [5, 5.41) is 2.90. The zero-order valence-electron chi connectivity index (χ0n) is 16.6. The van der Waals surface area contributed by atoms with E-state index >= 15 is 0 Å². The molecule has 3 aromatic carbocycles. The lowest BCUT2D eigenvalue weighted by atomic mass is 10.0. The first kappa shape index (κ1) is 19.4. The molecule has 150 valence electrons. The molecule has 0 bridgehead atoms. The number of rotatable bonds is 5. The van der Waals surface area contributed by atoms with Crippen molar-refractivity contribution in [3.05, 3.63) is 96.3 Å². The second kappa shape index (κ2) is 8.21. The van der Waals surface area contributed by atoms with Crippen molar-refractivity contribution in [3.63, 3.8) is 0 Å². The Morgan fingerprint density at radius 1 is 1.03 bits per heavy atom. The van der Waals surface area contributed by atoms with Crippen LogP contribution in [-0.2, 0) is 0 Å². The van der Waals surface area contributed by atoms with Gasteiger partial charge in [0.05, 0.1) is 24.8 Å². The van der Waals surface area contributed by atoms with Gasteiger partial charge >= 0.3 is 0 Å². The highest BCUT2D eigenvalue weighted by atomic mass is 19.1. The highest BCUT2D eigenvalue weighted by Gasteiger charge is 2.11. The Morgan fingerprint density at radius 2 is 1.83 bits per heavy atom. The molecular formula is C24H20FN3O2. The number of halogens is 1. The number of imidazole rings is 1. The molecule has 4 aromatic rings. The molecule has 6 heteroatoms. The number of benzene rings is 3. The average molecular weight is 401 g/mol. The fourth-order valence-corrected chi connectivity index (χ4v) is 3.21. The lowest BCUT2D eigenvalue weighted by molar-refractivity contribution is 0.102. The van der Waals surface area contributed by atoms with Crippen LogP contribution in [0.3, 0.4) is 0 Å². The topological polar surface area (TPSA) is 56.1 Å². The maximum absolute atomic E-state index is 13.2. The minimum atomic E-state index is -0.295. The summed E-state index contributed by atoms with van der Waals surface area (Å²) in [5.74, 6) is 0.0772. The van der Waals surface area contributed by atoms with Gasteiger partial charge < -0.3 is 14.6 Å². The second-order valence-electron chi connectivity index (χ2n) is 6.85. The van der Waals surface area contributed by atoms with E-state index in [2.05, 4.69) is 10.3 Å².